The third-order valence-electron chi connectivity index (χ3n) is 5.12. The number of hydrogen-bond donors (Lipinski definition) is 2. The van der Waals surface area contributed by atoms with Crippen LogP contribution in [0.5, 0.6) is 5.75 Å². The van der Waals surface area contributed by atoms with Crippen molar-refractivity contribution >= 4 is 16.8 Å². The molecule has 0 bridgehead atoms. The first-order valence-corrected chi connectivity index (χ1v) is 8.69. The molecule has 2 aromatic carbocycles. The van der Waals surface area contributed by atoms with Crippen LogP contribution in [0.1, 0.15) is 33.6 Å². The number of amides is 1. The van der Waals surface area contributed by atoms with E-state index in [2.05, 4.69) is 22.4 Å². The summed E-state index contributed by atoms with van der Waals surface area (Å²) in [6.45, 7) is 1.97. The van der Waals surface area contributed by atoms with E-state index in [1.54, 1.807) is 7.11 Å². The van der Waals surface area contributed by atoms with E-state index in [4.69, 9.17) is 4.74 Å². The number of ether oxygens (including phenoxy) is 1. The van der Waals surface area contributed by atoms with Crippen molar-refractivity contribution in [3.8, 4) is 5.75 Å². The van der Waals surface area contributed by atoms with Crippen LogP contribution in [0.15, 0.2) is 42.5 Å². The molecule has 4 heteroatoms. The number of H-pyrrole nitrogens is 1. The van der Waals surface area contributed by atoms with Gasteiger partial charge in [0.05, 0.1) is 7.11 Å². The molecule has 1 aliphatic rings. The van der Waals surface area contributed by atoms with Crippen LogP contribution < -0.4 is 10.1 Å². The summed E-state index contributed by atoms with van der Waals surface area (Å²) < 4.78 is 5.36. The van der Waals surface area contributed by atoms with Gasteiger partial charge in [0, 0.05) is 28.2 Å². The van der Waals surface area contributed by atoms with Crippen molar-refractivity contribution in [3.63, 3.8) is 0 Å². The SMILES string of the molecule is COc1ccc2[nH]c3c(c2c1)CC(NC(=O)c1ccccc1C)CC3. The van der Waals surface area contributed by atoms with Gasteiger partial charge in [0.1, 0.15) is 5.75 Å². The third kappa shape index (κ3) is 2.88. The second-order valence-electron chi connectivity index (χ2n) is 6.72. The largest absolute Gasteiger partial charge is 0.497 e. The first-order chi connectivity index (χ1) is 12.2. The van der Waals surface area contributed by atoms with E-state index in [9.17, 15) is 4.79 Å². The highest BCUT2D eigenvalue weighted by Crippen LogP contribution is 2.31. The number of nitrogens with one attached hydrogen (secondary N) is 2. The van der Waals surface area contributed by atoms with Gasteiger partial charge in [-0.3, -0.25) is 4.79 Å². The topological polar surface area (TPSA) is 54.1 Å². The minimum Gasteiger partial charge on any atom is -0.497 e. The van der Waals surface area contributed by atoms with Crippen molar-refractivity contribution in [2.24, 2.45) is 0 Å². The molecule has 4 rings (SSSR count). The van der Waals surface area contributed by atoms with Crippen LogP contribution in [0.25, 0.3) is 10.9 Å². The normalized spacial score (nSPS) is 16.5. The molecule has 1 amide bonds. The molecule has 1 aliphatic carbocycles. The fourth-order valence-electron chi connectivity index (χ4n) is 3.74. The Morgan fingerprint density at radius 3 is 2.88 bits per heavy atom. The molecule has 3 aromatic rings. The highest BCUT2D eigenvalue weighted by atomic mass is 16.5. The van der Waals surface area contributed by atoms with Crippen molar-refractivity contribution in [2.75, 3.05) is 7.11 Å². The molecule has 0 aliphatic heterocycles. The Balaban J connectivity index is 1.58. The van der Waals surface area contributed by atoms with E-state index < -0.39 is 0 Å². The van der Waals surface area contributed by atoms with Gasteiger partial charge in [-0.05, 0) is 61.6 Å². The number of aromatic amines is 1. The van der Waals surface area contributed by atoms with Crippen molar-refractivity contribution in [3.05, 3.63) is 64.8 Å². The summed E-state index contributed by atoms with van der Waals surface area (Å²) >= 11 is 0. The molecule has 1 heterocycles. The lowest BCUT2D eigenvalue weighted by Crippen LogP contribution is -2.39. The van der Waals surface area contributed by atoms with Crippen LogP contribution >= 0.6 is 0 Å². The summed E-state index contributed by atoms with van der Waals surface area (Å²) in [6, 6.07) is 14.0. The van der Waals surface area contributed by atoms with E-state index in [-0.39, 0.29) is 11.9 Å². The van der Waals surface area contributed by atoms with Gasteiger partial charge < -0.3 is 15.0 Å². The Hall–Kier alpha value is -2.75. The first-order valence-electron chi connectivity index (χ1n) is 8.69. The Kier molecular flexibility index (Phi) is 3.96. The highest BCUT2D eigenvalue weighted by molar-refractivity contribution is 5.96. The summed E-state index contributed by atoms with van der Waals surface area (Å²) in [5, 5.41) is 4.41. The number of hydrogen-bond acceptors (Lipinski definition) is 2. The lowest BCUT2D eigenvalue weighted by Gasteiger charge is -2.24. The molecule has 1 aromatic heterocycles. The van der Waals surface area contributed by atoms with Crippen molar-refractivity contribution in [1.29, 1.82) is 0 Å². The predicted molar refractivity (Wildman–Crippen MR) is 99.3 cm³/mol. The zero-order chi connectivity index (χ0) is 17.4. The van der Waals surface area contributed by atoms with Gasteiger partial charge in [0.25, 0.3) is 5.91 Å². The molecule has 0 saturated carbocycles. The highest BCUT2D eigenvalue weighted by Gasteiger charge is 2.24. The van der Waals surface area contributed by atoms with E-state index in [1.165, 1.54) is 16.6 Å². The minimum atomic E-state index is 0.0176. The van der Waals surface area contributed by atoms with Crippen LogP contribution in [-0.2, 0) is 12.8 Å². The standard InChI is InChI=1S/C21H22N2O2/c1-13-5-3-4-6-16(13)21(24)22-14-7-9-19-17(11-14)18-12-15(25-2)8-10-20(18)23-19/h3-6,8,10,12,14,23H,7,9,11H2,1-2H3,(H,22,24). The average Bonchev–Trinajstić information content (AvgIpc) is 2.99. The van der Waals surface area contributed by atoms with E-state index in [1.807, 2.05) is 37.3 Å². The van der Waals surface area contributed by atoms with E-state index in [0.29, 0.717) is 0 Å². The van der Waals surface area contributed by atoms with Gasteiger partial charge >= 0.3 is 0 Å². The van der Waals surface area contributed by atoms with E-state index >= 15 is 0 Å². The monoisotopic (exact) mass is 334 g/mol. The fourth-order valence-corrected chi connectivity index (χ4v) is 3.74. The molecular formula is C21H22N2O2. The van der Waals surface area contributed by atoms with Crippen molar-refractivity contribution in [1.82, 2.24) is 10.3 Å². The maximum atomic E-state index is 12.6. The lowest BCUT2D eigenvalue weighted by atomic mass is 9.91. The summed E-state index contributed by atoms with van der Waals surface area (Å²) in [4.78, 5) is 16.1. The van der Waals surface area contributed by atoms with Gasteiger partial charge in [0.15, 0.2) is 0 Å². The summed E-state index contributed by atoms with van der Waals surface area (Å²) in [5.41, 5.74) is 5.48. The second-order valence-corrected chi connectivity index (χ2v) is 6.72. The van der Waals surface area contributed by atoms with Gasteiger partial charge in [-0.2, -0.15) is 0 Å². The number of carbonyl (C=O) groups is 1. The molecule has 0 saturated heterocycles. The predicted octanol–water partition coefficient (Wildman–Crippen LogP) is 3.77. The fraction of sp³-hybridized carbons (Fsp3) is 0.286. The summed E-state index contributed by atoms with van der Waals surface area (Å²) in [7, 11) is 1.69. The maximum absolute atomic E-state index is 12.6. The number of aryl methyl sites for hydroxylation is 2. The summed E-state index contributed by atoms with van der Waals surface area (Å²) in [5.74, 6) is 0.879. The zero-order valence-electron chi connectivity index (χ0n) is 14.6. The van der Waals surface area contributed by atoms with Gasteiger partial charge in [-0.1, -0.05) is 18.2 Å². The Morgan fingerprint density at radius 2 is 2.08 bits per heavy atom. The van der Waals surface area contributed by atoms with Gasteiger partial charge in [-0.25, -0.2) is 0 Å². The van der Waals surface area contributed by atoms with Crippen molar-refractivity contribution < 1.29 is 9.53 Å². The third-order valence-corrected chi connectivity index (χ3v) is 5.12. The van der Waals surface area contributed by atoms with Gasteiger partial charge in [-0.15, -0.1) is 0 Å². The van der Waals surface area contributed by atoms with Crippen LogP contribution in [-0.4, -0.2) is 24.0 Å². The number of rotatable bonds is 3. The number of fused-ring (bicyclic) bond motifs is 3. The molecule has 0 radical (unpaired) electrons. The van der Waals surface area contributed by atoms with Crippen LogP contribution in [0.4, 0.5) is 0 Å². The average molecular weight is 334 g/mol. The smallest absolute Gasteiger partial charge is 0.251 e. The maximum Gasteiger partial charge on any atom is 0.251 e. The van der Waals surface area contributed by atoms with Gasteiger partial charge in [0.2, 0.25) is 0 Å². The molecule has 4 nitrogen and oxygen atoms in total. The lowest BCUT2D eigenvalue weighted by molar-refractivity contribution is 0.0933. The number of methoxy groups -OCH3 is 1. The molecule has 0 fully saturated rings. The number of benzene rings is 2. The summed E-state index contributed by atoms with van der Waals surface area (Å²) in [6.07, 6.45) is 2.75. The van der Waals surface area contributed by atoms with Crippen LogP contribution in [0.2, 0.25) is 0 Å². The molecule has 128 valence electrons. The quantitative estimate of drug-likeness (QED) is 0.766. The molecule has 25 heavy (non-hydrogen) atoms. The van der Waals surface area contributed by atoms with Crippen LogP contribution in [0.3, 0.4) is 0 Å². The zero-order valence-corrected chi connectivity index (χ0v) is 14.6. The molecule has 1 atom stereocenters. The molecule has 1 unspecified atom stereocenters. The van der Waals surface area contributed by atoms with Crippen LogP contribution in [0, 0.1) is 6.92 Å². The number of aromatic nitrogens is 1. The number of carbonyl (C=O) groups excluding carboxylic acids is 1. The second kappa shape index (κ2) is 6.28. The molecular weight excluding hydrogens is 312 g/mol. The molecule has 2 N–H and O–H groups in total. The van der Waals surface area contributed by atoms with E-state index in [0.717, 1.165) is 41.7 Å². The Morgan fingerprint density at radius 1 is 1.24 bits per heavy atom. The first kappa shape index (κ1) is 15.8. The Bertz CT molecular complexity index is 942. The Labute approximate surface area is 147 Å². The molecule has 0 spiro atoms. The van der Waals surface area contributed by atoms with Crippen molar-refractivity contribution in [2.45, 2.75) is 32.2 Å². The minimum absolute atomic E-state index is 0.0176.